The lowest BCUT2D eigenvalue weighted by Gasteiger charge is -2.29. The van der Waals surface area contributed by atoms with Crippen molar-refractivity contribution in [2.45, 2.75) is 32.2 Å². The zero-order valence-electron chi connectivity index (χ0n) is 19.9. The Morgan fingerprint density at radius 2 is 1.74 bits per heavy atom. The molecule has 0 fully saturated rings. The minimum absolute atomic E-state index is 0.0160. The SMILES string of the molecule is CC(C)CCOCC(=O)NCc1cc(C2(c3ccc(O)cc3)C(=O)Nc3ccccc32)ccc1O. The average Bonchev–Trinajstić information content (AvgIpc) is 3.14. The first-order valence-electron chi connectivity index (χ1n) is 11.7. The van der Waals surface area contributed by atoms with E-state index in [1.54, 1.807) is 36.4 Å². The van der Waals surface area contributed by atoms with Crippen molar-refractivity contribution in [3.8, 4) is 11.5 Å². The molecule has 0 bridgehead atoms. The minimum atomic E-state index is -1.18. The van der Waals surface area contributed by atoms with Gasteiger partial charge in [-0.1, -0.05) is 50.2 Å². The summed E-state index contributed by atoms with van der Waals surface area (Å²) in [5, 5.41) is 26.1. The molecule has 35 heavy (non-hydrogen) atoms. The lowest BCUT2D eigenvalue weighted by atomic mass is 9.70. The Balaban J connectivity index is 1.65. The van der Waals surface area contributed by atoms with Crippen LogP contribution in [0.5, 0.6) is 11.5 Å². The number of hydrogen-bond acceptors (Lipinski definition) is 5. The first-order valence-corrected chi connectivity index (χ1v) is 11.7. The van der Waals surface area contributed by atoms with Crippen LogP contribution in [-0.2, 0) is 26.3 Å². The predicted molar refractivity (Wildman–Crippen MR) is 133 cm³/mol. The van der Waals surface area contributed by atoms with E-state index in [2.05, 4.69) is 24.5 Å². The molecule has 3 aromatic rings. The highest BCUT2D eigenvalue weighted by Gasteiger charge is 2.49. The summed E-state index contributed by atoms with van der Waals surface area (Å²) in [6.45, 7) is 4.72. The quantitative estimate of drug-likeness (QED) is 0.350. The molecule has 0 saturated carbocycles. The number of para-hydroxylation sites is 1. The predicted octanol–water partition coefficient (Wildman–Crippen LogP) is 4.06. The highest BCUT2D eigenvalue weighted by atomic mass is 16.5. The molecule has 0 radical (unpaired) electrons. The number of phenolic OH excluding ortho intramolecular Hbond substituents is 2. The molecule has 7 heteroatoms. The van der Waals surface area contributed by atoms with E-state index in [0.29, 0.717) is 34.9 Å². The number of amides is 2. The van der Waals surface area contributed by atoms with Gasteiger partial charge in [0.05, 0.1) is 0 Å². The van der Waals surface area contributed by atoms with E-state index in [-0.39, 0.29) is 36.5 Å². The molecular formula is C28H30N2O5. The van der Waals surface area contributed by atoms with Crippen LogP contribution in [0.1, 0.15) is 42.5 Å². The zero-order valence-corrected chi connectivity index (χ0v) is 19.9. The summed E-state index contributed by atoms with van der Waals surface area (Å²) in [6, 6.07) is 19.0. The maximum atomic E-state index is 13.6. The fourth-order valence-corrected chi connectivity index (χ4v) is 4.40. The Bertz CT molecular complexity index is 1220. The number of hydrogen-bond donors (Lipinski definition) is 4. The van der Waals surface area contributed by atoms with Crippen molar-refractivity contribution < 1.29 is 24.5 Å². The third-order valence-electron chi connectivity index (χ3n) is 6.28. The fraction of sp³-hybridized carbons (Fsp3) is 0.286. The lowest BCUT2D eigenvalue weighted by molar-refractivity contribution is -0.126. The molecule has 1 aliphatic heterocycles. The van der Waals surface area contributed by atoms with Gasteiger partial charge in [0.15, 0.2) is 0 Å². The third-order valence-corrected chi connectivity index (χ3v) is 6.28. The summed E-state index contributed by atoms with van der Waals surface area (Å²) >= 11 is 0. The van der Waals surface area contributed by atoms with Gasteiger partial charge in [-0.05, 0) is 53.8 Å². The van der Waals surface area contributed by atoms with Gasteiger partial charge in [-0.3, -0.25) is 9.59 Å². The Kier molecular flexibility index (Phi) is 7.07. The maximum Gasteiger partial charge on any atom is 0.246 e. The molecular weight excluding hydrogens is 444 g/mol. The molecule has 182 valence electrons. The Morgan fingerprint density at radius 3 is 2.49 bits per heavy atom. The number of phenols is 2. The van der Waals surface area contributed by atoms with Crippen LogP contribution in [0.4, 0.5) is 5.69 Å². The summed E-state index contributed by atoms with van der Waals surface area (Å²) in [5.41, 5.74) is 2.09. The first kappa shape index (κ1) is 24.3. The molecule has 7 nitrogen and oxygen atoms in total. The van der Waals surface area contributed by atoms with E-state index in [0.717, 1.165) is 12.0 Å². The number of anilines is 1. The smallest absolute Gasteiger partial charge is 0.246 e. The zero-order chi connectivity index (χ0) is 25.0. The van der Waals surface area contributed by atoms with Gasteiger partial charge in [-0.15, -0.1) is 0 Å². The van der Waals surface area contributed by atoms with Crippen molar-refractivity contribution in [1.82, 2.24) is 5.32 Å². The van der Waals surface area contributed by atoms with E-state index < -0.39 is 5.41 Å². The molecule has 1 unspecified atom stereocenters. The van der Waals surface area contributed by atoms with Crippen LogP contribution < -0.4 is 10.6 Å². The van der Waals surface area contributed by atoms with Gasteiger partial charge in [-0.25, -0.2) is 0 Å². The average molecular weight is 475 g/mol. The molecule has 1 atom stereocenters. The van der Waals surface area contributed by atoms with E-state index >= 15 is 0 Å². The van der Waals surface area contributed by atoms with E-state index in [1.165, 1.54) is 6.07 Å². The molecule has 3 aromatic carbocycles. The van der Waals surface area contributed by atoms with Gasteiger partial charge in [0.25, 0.3) is 0 Å². The molecule has 4 rings (SSSR count). The molecule has 4 N–H and O–H groups in total. The normalized spacial score (nSPS) is 16.7. The molecule has 1 aliphatic rings. The van der Waals surface area contributed by atoms with Crippen molar-refractivity contribution in [1.29, 1.82) is 0 Å². The number of carbonyl (C=O) groups is 2. The van der Waals surface area contributed by atoms with Gasteiger partial charge in [-0.2, -0.15) is 0 Å². The Hall–Kier alpha value is -3.84. The van der Waals surface area contributed by atoms with Crippen molar-refractivity contribution in [3.05, 3.63) is 89.0 Å². The van der Waals surface area contributed by atoms with Gasteiger partial charge >= 0.3 is 0 Å². The van der Waals surface area contributed by atoms with Crippen LogP contribution in [-0.4, -0.2) is 35.2 Å². The number of nitrogens with one attached hydrogen (secondary N) is 2. The van der Waals surface area contributed by atoms with Crippen LogP contribution in [0.3, 0.4) is 0 Å². The van der Waals surface area contributed by atoms with Gasteiger partial charge < -0.3 is 25.6 Å². The fourth-order valence-electron chi connectivity index (χ4n) is 4.40. The van der Waals surface area contributed by atoms with Crippen molar-refractivity contribution in [2.75, 3.05) is 18.5 Å². The summed E-state index contributed by atoms with van der Waals surface area (Å²) in [7, 11) is 0. The topological polar surface area (TPSA) is 108 Å². The van der Waals surface area contributed by atoms with Crippen molar-refractivity contribution >= 4 is 17.5 Å². The second-order valence-corrected chi connectivity index (χ2v) is 9.15. The maximum absolute atomic E-state index is 13.6. The van der Waals surface area contributed by atoms with Crippen molar-refractivity contribution in [3.63, 3.8) is 0 Å². The minimum Gasteiger partial charge on any atom is -0.508 e. The number of rotatable bonds is 9. The van der Waals surface area contributed by atoms with E-state index in [4.69, 9.17) is 4.74 Å². The van der Waals surface area contributed by atoms with Crippen LogP contribution in [0, 0.1) is 5.92 Å². The van der Waals surface area contributed by atoms with Gasteiger partial charge in [0, 0.05) is 30.0 Å². The highest BCUT2D eigenvalue weighted by molar-refractivity contribution is 6.11. The molecule has 0 aromatic heterocycles. The lowest BCUT2D eigenvalue weighted by Crippen LogP contribution is -2.37. The van der Waals surface area contributed by atoms with Gasteiger partial charge in [0.2, 0.25) is 11.8 Å². The number of fused-ring (bicyclic) bond motifs is 1. The van der Waals surface area contributed by atoms with Crippen LogP contribution in [0.25, 0.3) is 0 Å². The summed E-state index contributed by atoms with van der Waals surface area (Å²) < 4.78 is 5.42. The monoisotopic (exact) mass is 474 g/mol. The summed E-state index contributed by atoms with van der Waals surface area (Å²) in [6.07, 6.45) is 0.874. The molecule has 2 amide bonds. The number of ether oxygens (including phenoxy) is 1. The molecule has 0 spiro atoms. The molecule has 0 aliphatic carbocycles. The van der Waals surface area contributed by atoms with Crippen LogP contribution in [0.2, 0.25) is 0 Å². The largest absolute Gasteiger partial charge is 0.508 e. The molecule has 0 saturated heterocycles. The van der Waals surface area contributed by atoms with Crippen LogP contribution in [0.15, 0.2) is 66.7 Å². The van der Waals surface area contributed by atoms with Gasteiger partial charge in [0.1, 0.15) is 23.5 Å². The Morgan fingerprint density at radius 1 is 1.03 bits per heavy atom. The highest BCUT2D eigenvalue weighted by Crippen LogP contribution is 2.48. The van der Waals surface area contributed by atoms with Crippen molar-refractivity contribution in [2.24, 2.45) is 5.92 Å². The summed E-state index contributed by atoms with van der Waals surface area (Å²) in [5.74, 6) is 0.0959. The third kappa shape index (κ3) is 4.86. The second kappa shape index (κ2) is 10.2. The van der Waals surface area contributed by atoms with Crippen LogP contribution >= 0.6 is 0 Å². The molecule has 1 heterocycles. The second-order valence-electron chi connectivity index (χ2n) is 9.15. The number of aromatic hydroxyl groups is 2. The first-order chi connectivity index (χ1) is 16.8. The summed E-state index contributed by atoms with van der Waals surface area (Å²) in [4.78, 5) is 25.8. The van der Waals surface area contributed by atoms with E-state index in [1.807, 2.05) is 24.3 Å². The standard InChI is InChI=1S/C28H30N2O5/c1-18(2)13-14-35-17-26(33)29-16-19-15-21(9-12-25(19)32)28(20-7-10-22(31)11-8-20)23-5-3-4-6-24(23)30-27(28)34/h3-12,15,18,31-32H,13-14,16-17H2,1-2H3,(H,29,33)(H,30,34). The number of carbonyl (C=O) groups excluding carboxylic acids is 2. The Labute approximate surface area is 204 Å². The number of benzene rings is 3. The van der Waals surface area contributed by atoms with E-state index in [9.17, 15) is 19.8 Å².